The van der Waals surface area contributed by atoms with Gasteiger partial charge in [0.1, 0.15) is 0 Å². The molecule has 10 heteroatoms. The van der Waals surface area contributed by atoms with Crippen molar-refractivity contribution in [2.24, 2.45) is 7.05 Å². The third-order valence-electron chi connectivity index (χ3n) is 5.54. The van der Waals surface area contributed by atoms with Crippen molar-refractivity contribution in [2.45, 2.75) is 25.8 Å². The van der Waals surface area contributed by atoms with Crippen LogP contribution in [0.2, 0.25) is 0 Å². The zero-order chi connectivity index (χ0) is 21.4. The Bertz CT molecular complexity index is 1200. The molecule has 3 aromatic rings. The lowest BCUT2D eigenvalue weighted by atomic mass is 9.99. The maximum absolute atomic E-state index is 12.4. The number of nitrogens with one attached hydrogen (secondary N) is 2. The molecule has 0 fully saturated rings. The average Bonchev–Trinajstić information content (AvgIpc) is 2.89. The van der Waals surface area contributed by atoms with Crippen LogP contribution in [0.1, 0.15) is 23.2 Å². The smallest absolute Gasteiger partial charge is 0.504 e. The Hall–Kier alpha value is -3.01. The number of aromatic nitrogens is 2. The van der Waals surface area contributed by atoms with Crippen molar-refractivity contribution in [3.63, 3.8) is 0 Å². The van der Waals surface area contributed by atoms with E-state index < -0.39 is 23.2 Å². The van der Waals surface area contributed by atoms with Crippen molar-refractivity contribution >= 4 is 29.5 Å². The molecule has 0 radical (unpaired) electrons. The number of carbonyl (C=O) groups is 1. The number of rotatable bonds is 5. The molecule has 0 unspecified atom stereocenters. The monoisotopic (exact) mass is 449 g/mol. The summed E-state index contributed by atoms with van der Waals surface area (Å²) >= 11 is 0. The number of halogens is 1. The molecule has 0 saturated carbocycles. The molecule has 5 N–H and O–H groups in total. The number of nitrogens with zero attached hydrogens (tertiary/aromatic N) is 1. The van der Waals surface area contributed by atoms with Crippen molar-refractivity contribution in [1.29, 1.82) is 0 Å². The molecule has 0 amide bonds. The number of carboxylic acid groups (broad SMARTS) is 1. The normalized spacial score (nSPS) is 12.6. The van der Waals surface area contributed by atoms with Crippen molar-refractivity contribution in [1.82, 2.24) is 14.9 Å². The van der Waals surface area contributed by atoms with E-state index in [4.69, 9.17) is 10.2 Å². The van der Waals surface area contributed by atoms with E-state index in [9.17, 15) is 14.7 Å². The number of aliphatic hydroxyl groups excluding tert-OH is 1. The highest BCUT2D eigenvalue weighted by molar-refractivity contribution is 5.89. The van der Waals surface area contributed by atoms with Crippen molar-refractivity contribution in [3.05, 3.63) is 45.4 Å². The largest absolute Gasteiger partial charge is 0.511 e. The van der Waals surface area contributed by atoms with Crippen LogP contribution in [0.5, 0.6) is 11.5 Å². The summed E-state index contributed by atoms with van der Waals surface area (Å²) in [6.45, 7) is 1.19. The number of aromatic hydroxyl groups is 1. The first-order chi connectivity index (χ1) is 14.4. The molecule has 31 heavy (non-hydrogen) atoms. The van der Waals surface area contributed by atoms with Gasteiger partial charge in [-0.15, -0.1) is 12.4 Å². The van der Waals surface area contributed by atoms with Gasteiger partial charge in [-0.25, -0.2) is 4.79 Å². The number of benzene rings is 1. The topological polar surface area (TPSA) is 137 Å². The van der Waals surface area contributed by atoms with Crippen LogP contribution < -0.4 is 15.6 Å². The summed E-state index contributed by atoms with van der Waals surface area (Å²) < 4.78 is 6.59. The maximum Gasteiger partial charge on any atom is 0.511 e. The molecule has 1 aliphatic carbocycles. The Morgan fingerprint density at radius 3 is 2.77 bits per heavy atom. The summed E-state index contributed by atoms with van der Waals surface area (Å²) in [7, 11) is 1.98. The summed E-state index contributed by atoms with van der Waals surface area (Å²) in [5.41, 5.74) is 4.14. The summed E-state index contributed by atoms with van der Waals surface area (Å²) in [5.74, 6) is -1.02. The lowest BCUT2D eigenvalue weighted by Crippen LogP contribution is -2.18. The summed E-state index contributed by atoms with van der Waals surface area (Å²) in [6.07, 6.45) is 0.306. The van der Waals surface area contributed by atoms with Gasteiger partial charge in [-0.1, -0.05) is 0 Å². The quantitative estimate of drug-likeness (QED) is 0.297. The van der Waals surface area contributed by atoms with E-state index >= 15 is 0 Å². The van der Waals surface area contributed by atoms with E-state index in [2.05, 4.69) is 25.7 Å². The van der Waals surface area contributed by atoms with Crippen LogP contribution in [0.15, 0.2) is 23.0 Å². The van der Waals surface area contributed by atoms with Gasteiger partial charge in [0.2, 0.25) is 5.75 Å². The Morgan fingerprint density at radius 1 is 1.29 bits per heavy atom. The number of aliphatic hydroxyl groups is 1. The third kappa shape index (κ3) is 4.12. The van der Waals surface area contributed by atoms with Gasteiger partial charge in [0.15, 0.2) is 5.75 Å². The Labute approximate surface area is 183 Å². The van der Waals surface area contributed by atoms with Crippen LogP contribution >= 0.6 is 12.4 Å². The molecule has 1 aromatic carbocycles. The molecular formula is C21H24ClN3O6. The zero-order valence-corrected chi connectivity index (χ0v) is 17.7. The lowest BCUT2D eigenvalue weighted by molar-refractivity contribution is 0.142. The molecule has 0 spiro atoms. The number of aromatic amines is 1. The van der Waals surface area contributed by atoms with Gasteiger partial charge in [0.25, 0.3) is 5.56 Å². The maximum atomic E-state index is 12.4. The van der Waals surface area contributed by atoms with Crippen molar-refractivity contribution in [2.75, 3.05) is 13.2 Å². The zero-order valence-electron chi connectivity index (χ0n) is 16.9. The third-order valence-corrected chi connectivity index (χ3v) is 5.54. The number of H-pyrrole nitrogens is 1. The highest BCUT2D eigenvalue weighted by atomic mass is 35.5. The van der Waals surface area contributed by atoms with E-state index in [1.807, 2.05) is 19.2 Å². The number of hydrogen-bond donors (Lipinski definition) is 5. The molecule has 1 aliphatic rings. The number of fused-ring (bicyclic) bond motifs is 4. The highest BCUT2D eigenvalue weighted by Crippen LogP contribution is 2.40. The molecule has 0 saturated heterocycles. The molecular weight excluding hydrogens is 426 g/mol. The van der Waals surface area contributed by atoms with Gasteiger partial charge in [-0.2, -0.15) is 0 Å². The van der Waals surface area contributed by atoms with Crippen LogP contribution in [0.25, 0.3) is 22.2 Å². The van der Waals surface area contributed by atoms with Crippen molar-refractivity contribution < 1.29 is 24.9 Å². The molecule has 4 rings (SSSR count). The van der Waals surface area contributed by atoms with E-state index in [-0.39, 0.29) is 19.0 Å². The summed E-state index contributed by atoms with van der Waals surface area (Å²) in [4.78, 5) is 26.0. The second kappa shape index (κ2) is 9.01. The number of ether oxygens (including phenoxy) is 1. The van der Waals surface area contributed by atoms with Crippen LogP contribution in [0.3, 0.4) is 0 Å². The van der Waals surface area contributed by atoms with Gasteiger partial charge < -0.3 is 34.9 Å². The van der Waals surface area contributed by atoms with Crippen LogP contribution in [-0.4, -0.2) is 44.2 Å². The van der Waals surface area contributed by atoms with E-state index in [1.165, 1.54) is 0 Å². The van der Waals surface area contributed by atoms with E-state index in [1.54, 1.807) is 0 Å². The molecule has 0 atom stereocenters. The molecule has 2 heterocycles. The molecule has 0 bridgehead atoms. The fourth-order valence-corrected chi connectivity index (χ4v) is 4.11. The standard InChI is InChI=1S/C21H23N3O6.ClH/c1-24-13(10-22-5-6-25)7-12-8-15-11(9-16(12)24)3-2-4-14-17(15)23-20(27)19(18(14)26)30-21(28)29;/h7-9,22,25H,2-6,10H2,1H3,(H,28,29)(H2,23,26,27);1H. The first-order valence-electron chi connectivity index (χ1n) is 9.72. The summed E-state index contributed by atoms with van der Waals surface area (Å²) in [5, 5.41) is 32.5. The molecule has 166 valence electrons. The number of aryl methyl sites for hydroxylation is 2. The minimum absolute atomic E-state index is 0. The van der Waals surface area contributed by atoms with Crippen LogP contribution in [0, 0.1) is 0 Å². The second-order valence-electron chi connectivity index (χ2n) is 7.37. The van der Waals surface area contributed by atoms with Gasteiger partial charge in [0, 0.05) is 47.9 Å². The highest BCUT2D eigenvalue weighted by Gasteiger charge is 2.25. The fourth-order valence-electron chi connectivity index (χ4n) is 4.11. The predicted molar refractivity (Wildman–Crippen MR) is 117 cm³/mol. The van der Waals surface area contributed by atoms with Gasteiger partial charge >= 0.3 is 6.16 Å². The number of hydrogen-bond acceptors (Lipinski definition) is 6. The Kier molecular flexibility index (Phi) is 6.59. The van der Waals surface area contributed by atoms with Crippen LogP contribution in [-0.2, 0) is 26.4 Å². The minimum atomic E-state index is -1.65. The lowest BCUT2D eigenvalue weighted by Gasteiger charge is -2.13. The Balaban J connectivity index is 0.00000272. The van der Waals surface area contributed by atoms with E-state index in [0.717, 1.165) is 40.6 Å². The van der Waals surface area contributed by atoms with E-state index in [0.29, 0.717) is 30.8 Å². The van der Waals surface area contributed by atoms with Gasteiger partial charge in [-0.05, 0) is 43.0 Å². The average molecular weight is 450 g/mol. The molecule has 0 aliphatic heterocycles. The Morgan fingerprint density at radius 2 is 2.06 bits per heavy atom. The first-order valence-corrected chi connectivity index (χ1v) is 9.72. The predicted octanol–water partition coefficient (Wildman–Crippen LogP) is 2.29. The minimum Gasteiger partial charge on any atom is -0.504 e. The van der Waals surface area contributed by atoms with Crippen LogP contribution in [0.4, 0.5) is 4.79 Å². The summed E-state index contributed by atoms with van der Waals surface area (Å²) in [6, 6.07) is 6.12. The molecule has 2 aromatic heterocycles. The van der Waals surface area contributed by atoms with Crippen molar-refractivity contribution in [3.8, 4) is 22.8 Å². The SMILES string of the molecule is Cl.Cn1c(CNCCO)cc2cc3c(cc21)CCCc1c-3[nH]c(=O)c(OC(=O)O)c1O. The molecule has 9 nitrogen and oxygen atoms in total. The fraction of sp³-hybridized carbons (Fsp3) is 0.333. The van der Waals surface area contributed by atoms with Gasteiger partial charge in [0.05, 0.1) is 12.3 Å². The second-order valence-corrected chi connectivity index (χ2v) is 7.37. The number of pyridine rings is 1. The first kappa shape index (κ1) is 22.7. The van der Waals surface area contributed by atoms with Gasteiger partial charge in [-0.3, -0.25) is 4.79 Å².